The smallest absolute Gasteiger partial charge is 0.271 e. The monoisotopic (exact) mass is 677 g/mol. The van der Waals surface area contributed by atoms with Gasteiger partial charge in [-0.2, -0.15) is 0 Å². The first-order valence-corrected chi connectivity index (χ1v) is 17.3. The van der Waals surface area contributed by atoms with E-state index in [4.69, 9.17) is 9.47 Å². The van der Waals surface area contributed by atoms with Crippen LogP contribution in [-0.2, 0) is 37.9 Å². The van der Waals surface area contributed by atoms with Crippen molar-refractivity contribution in [2.45, 2.75) is 20.0 Å². The molecule has 0 fully saturated rings. The Hall–Kier alpha value is -4.76. The number of amides is 1. The normalized spacial score (nSPS) is 11.5. The third-order valence-electron chi connectivity index (χ3n) is 6.41. The van der Waals surface area contributed by atoms with Crippen LogP contribution in [0.1, 0.15) is 16.7 Å². The van der Waals surface area contributed by atoms with E-state index in [0.717, 1.165) is 36.3 Å². The Bertz CT molecular complexity index is 1960. The molecule has 244 valence electrons. The van der Waals surface area contributed by atoms with E-state index in [1.54, 1.807) is 54.1 Å². The van der Waals surface area contributed by atoms with Gasteiger partial charge in [0.2, 0.25) is 20.0 Å². The van der Waals surface area contributed by atoms with Gasteiger partial charge in [-0.15, -0.1) is 0 Å². The number of carbonyl (C=O) groups excluding carboxylic acids is 1. The average Bonchev–Trinajstić information content (AvgIpc) is 2.95. The molecule has 15 heteroatoms. The predicted molar refractivity (Wildman–Crippen MR) is 167 cm³/mol. The van der Waals surface area contributed by atoms with Crippen LogP contribution in [-0.4, -0.2) is 41.9 Å². The molecule has 1 amide bonds. The summed E-state index contributed by atoms with van der Waals surface area (Å²) in [6.45, 7) is 1.26. The van der Waals surface area contributed by atoms with E-state index >= 15 is 0 Å². The first kappa shape index (κ1) is 34.1. The summed E-state index contributed by atoms with van der Waals surface area (Å²) < 4.78 is 104. The van der Waals surface area contributed by atoms with E-state index in [1.807, 2.05) is 4.90 Å². The molecule has 0 aromatic heterocycles. The van der Waals surface area contributed by atoms with Crippen LogP contribution in [0.15, 0.2) is 78.9 Å². The summed E-state index contributed by atoms with van der Waals surface area (Å²) in [5, 5.41) is 0. The second kappa shape index (κ2) is 14.1. The summed E-state index contributed by atoms with van der Waals surface area (Å²) in [6, 6.07) is 18.7. The summed E-state index contributed by atoms with van der Waals surface area (Å²) in [6.07, 6.45) is 1.83. The van der Waals surface area contributed by atoms with Crippen LogP contribution in [0.5, 0.6) is 17.2 Å². The van der Waals surface area contributed by atoms with Crippen LogP contribution in [0.25, 0.3) is 0 Å². The van der Waals surface area contributed by atoms with Gasteiger partial charge in [0.25, 0.3) is 5.91 Å². The van der Waals surface area contributed by atoms with Crippen molar-refractivity contribution in [1.29, 1.82) is 0 Å². The van der Waals surface area contributed by atoms with Gasteiger partial charge in [0.15, 0.2) is 18.2 Å². The fraction of sp³-hybridized carbons (Fsp3) is 0.194. The molecule has 0 heterocycles. The van der Waals surface area contributed by atoms with E-state index in [0.29, 0.717) is 22.7 Å². The highest BCUT2D eigenvalue weighted by atomic mass is 32.2. The molecule has 0 radical (unpaired) electrons. The molecule has 0 aliphatic rings. The molecule has 0 aliphatic carbocycles. The van der Waals surface area contributed by atoms with Gasteiger partial charge in [-0.05, 0) is 60.5 Å². The number of ether oxygens (including phenoxy) is 2. The summed E-state index contributed by atoms with van der Waals surface area (Å²) in [5.41, 5.74) is 2.55. The highest BCUT2D eigenvalue weighted by Gasteiger charge is 2.18. The molecule has 4 aromatic rings. The van der Waals surface area contributed by atoms with Crippen molar-refractivity contribution < 1.29 is 44.3 Å². The highest BCUT2D eigenvalue weighted by molar-refractivity contribution is 7.92. The summed E-state index contributed by atoms with van der Waals surface area (Å²) in [7, 11) is -7.37. The fourth-order valence-electron chi connectivity index (χ4n) is 4.41. The van der Waals surface area contributed by atoms with E-state index in [-0.39, 0.29) is 30.2 Å². The maximum atomic E-state index is 14.7. The van der Waals surface area contributed by atoms with Gasteiger partial charge in [0.1, 0.15) is 23.1 Å². The molecule has 0 aliphatic heterocycles. The second-order valence-electron chi connectivity index (χ2n) is 10.3. The number of nitrogens with one attached hydrogen (secondary N) is 2. The van der Waals surface area contributed by atoms with Gasteiger partial charge in [0.05, 0.1) is 18.2 Å². The number of rotatable bonds is 13. The van der Waals surface area contributed by atoms with E-state index < -0.39 is 50.0 Å². The number of nitrogens with zero attached hydrogens (tertiary/aromatic N) is 1. The van der Waals surface area contributed by atoms with Crippen LogP contribution in [0.4, 0.5) is 24.5 Å². The van der Waals surface area contributed by atoms with Gasteiger partial charge < -0.3 is 14.4 Å². The second-order valence-corrected chi connectivity index (χ2v) is 13.8. The lowest BCUT2D eigenvalue weighted by Gasteiger charge is -2.28. The Balaban J connectivity index is 1.54. The average molecular weight is 678 g/mol. The van der Waals surface area contributed by atoms with E-state index in [2.05, 4.69) is 4.72 Å². The van der Waals surface area contributed by atoms with E-state index in [9.17, 15) is 34.8 Å². The molecule has 0 bridgehead atoms. The van der Waals surface area contributed by atoms with Crippen molar-refractivity contribution in [1.82, 2.24) is 4.72 Å². The maximum Gasteiger partial charge on any atom is 0.271 e. The van der Waals surface area contributed by atoms with Gasteiger partial charge in [0, 0.05) is 36.5 Å². The first-order valence-electron chi connectivity index (χ1n) is 13.5. The third kappa shape index (κ3) is 9.87. The number of hydrogen-bond donors (Lipinski definition) is 2. The summed E-state index contributed by atoms with van der Waals surface area (Å²) >= 11 is 0. The van der Waals surface area contributed by atoms with Crippen molar-refractivity contribution in [3.05, 3.63) is 113 Å². The largest absolute Gasteiger partial charge is 0.481 e. The van der Waals surface area contributed by atoms with Crippen molar-refractivity contribution >= 4 is 37.3 Å². The van der Waals surface area contributed by atoms with Crippen LogP contribution < -0.4 is 23.8 Å². The Morgan fingerprint density at radius 3 is 2.15 bits per heavy atom. The lowest BCUT2D eigenvalue weighted by Crippen LogP contribution is -2.33. The molecule has 10 nitrogen and oxygen atoms in total. The molecule has 0 saturated heterocycles. The summed E-state index contributed by atoms with van der Waals surface area (Å²) in [5.74, 6) is -3.00. The van der Waals surface area contributed by atoms with Crippen molar-refractivity contribution in [3.63, 3.8) is 0 Å². The quantitative estimate of drug-likeness (QED) is 0.197. The molecule has 0 unspecified atom stereocenters. The third-order valence-corrected chi connectivity index (χ3v) is 7.60. The van der Waals surface area contributed by atoms with Crippen molar-refractivity contribution in [2.24, 2.45) is 0 Å². The zero-order chi connectivity index (χ0) is 33.6. The molecule has 0 atom stereocenters. The molecule has 4 rings (SSSR count). The maximum absolute atomic E-state index is 14.7. The molecular weight excluding hydrogens is 647 g/mol. The fourth-order valence-corrected chi connectivity index (χ4v) is 5.51. The van der Waals surface area contributed by atoms with Crippen LogP contribution in [0.3, 0.4) is 0 Å². The minimum absolute atomic E-state index is 0.0358. The van der Waals surface area contributed by atoms with Crippen LogP contribution >= 0.6 is 0 Å². The van der Waals surface area contributed by atoms with Crippen molar-refractivity contribution in [2.75, 3.05) is 28.7 Å². The van der Waals surface area contributed by atoms with Crippen LogP contribution in [0, 0.1) is 24.4 Å². The minimum Gasteiger partial charge on any atom is -0.481 e. The van der Waals surface area contributed by atoms with Gasteiger partial charge in [-0.3, -0.25) is 14.2 Å². The van der Waals surface area contributed by atoms with Gasteiger partial charge >= 0.3 is 0 Å². The Morgan fingerprint density at radius 2 is 1.50 bits per heavy atom. The zero-order valence-corrected chi connectivity index (χ0v) is 26.5. The number of anilines is 2. The lowest BCUT2D eigenvalue weighted by molar-refractivity contribution is -0.121. The molecular formula is C31H30F3N3O7S2. The minimum atomic E-state index is -3.80. The number of sulfonamides is 2. The van der Waals surface area contributed by atoms with Gasteiger partial charge in [-0.1, -0.05) is 24.3 Å². The molecule has 46 heavy (non-hydrogen) atoms. The standard InChI is InChI=1S/C31H30F3N3O7S2/c1-20-28(35-45(2,39)40)5-4-6-29(20)37(18-22-9-10-23(32)15-27(22)34)17-21-7-11-24(12-8-21)44-25-13-14-26(33)30(16-25)43-19-31(38)36-46(3,41)42/h4-16,35H,17-19H2,1-3H3,(H,36,38). The molecule has 0 spiro atoms. The lowest BCUT2D eigenvalue weighted by atomic mass is 10.1. The Kier molecular flexibility index (Phi) is 10.5. The Morgan fingerprint density at radius 1 is 0.804 bits per heavy atom. The SMILES string of the molecule is Cc1c(NS(C)(=O)=O)cccc1N(Cc1ccc(Oc2ccc(F)c(OCC(=O)NS(C)(=O)=O)c2)cc1)Cc1ccc(F)cc1F. The van der Waals surface area contributed by atoms with Gasteiger partial charge in [-0.25, -0.2) is 30.0 Å². The topological polar surface area (TPSA) is 131 Å². The molecule has 4 aromatic carbocycles. The molecule has 0 saturated carbocycles. The molecule has 2 N–H and O–H groups in total. The highest BCUT2D eigenvalue weighted by Crippen LogP contribution is 2.32. The summed E-state index contributed by atoms with van der Waals surface area (Å²) in [4.78, 5) is 13.5. The van der Waals surface area contributed by atoms with E-state index in [1.165, 1.54) is 18.2 Å². The Labute approximate surface area is 264 Å². The van der Waals surface area contributed by atoms with Crippen LogP contribution in [0.2, 0.25) is 0 Å². The predicted octanol–water partition coefficient (Wildman–Crippen LogP) is 5.24. The number of hydrogen-bond acceptors (Lipinski definition) is 8. The number of carbonyl (C=O) groups is 1. The number of benzene rings is 4. The first-order chi connectivity index (χ1) is 21.6. The number of halogens is 3. The zero-order valence-electron chi connectivity index (χ0n) is 24.9. The van der Waals surface area contributed by atoms with Crippen molar-refractivity contribution in [3.8, 4) is 17.2 Å².